The Kier molecular flexibility index (Phi) is 13.1. The smallest absolute Gasteiger partial charge is 0.112 e. The van der Waals surface area contributed by atoms with Gasteiger partial charge in [-0.15, -0.1) is 10.2 Å². The van der Waals surface area contributed by atoms with Crippen molar-refractivity contribution in [3.05, 3.63) is 204 Å². The maximum absolute atomic E-state index is 8.49. The number of rotatable bonds is 8. The third-order valence-electron chi connectivity index (χ3n) is 6.89. The van der Waals surface area contributed by atoms with Gasteiger partial charge >= 0.3 is 269 Å². The molecule has 2 heterocycles. The number of hydrogen-bond acceptors (Lipinski definition) is 4. The minimum absolute atomic E-state index is 0.260. The van der Waals surface area contributed by atoms with Crippen LogP contribution in [-0.4, -0.2) is 29.5 Å². The summed E-state index contributed by atoms with van der Waals surface area (Å²) in [7, 11) is -4.94. The molecule has 4 nitrogen and oxygen atoms in total. The molecular formula is C41H31ClO4Se2. The summed E-state index contributed by atoms with van der Waals surface area (Å²) in [6.45, 7) is 0. The van der Waals surface area contributed by atoms with Gasteiger partial charge < -0.3 is 0 Å². The fraction of sp³-hybridized carbons (Fsp3) is 0. The van der Waals surface area contributed by atoms with E-state index in [1.54, 1.807) is 0 Å². The Morgan fingerprint density at radius 3 is 1.29 bits per heavy atom. The number of hydrogen-bond donors (Lipinski definition) is 0. The molecule has 0 amide bonds. The van der Waals surface area contributed by atoms with E-state index in [1.165, 1.54) is 51.2 Å². The number of allylic oxidation sites excluding steroid dienone is 9. The summed E-state index contributed by atoms with van der Waals surface area (Å²) in [6.07, 6.45) is 19.7. The molecule has 0 atom stereocenters. The van der Waals surface area contributed by atoms with E-state index in [2.05, 4.69) is 188 Å². The van der Waals surface area contributed by atoms with Crippen LogP contribution in [0.1, 0.15) is 16.7 Å². The van der Waals surface area contributed by atoms with Crippen LogP contribution in [0, 0.1) is 10.2 Å². The molecule has 6 rings (SSSR count). The minimum Gasteiger partial charge on any atom is -0.222 e. The second-order valence-corrected chi connectivity index (χ2v) is 15.7. The number of halogens is 1. The Morgan fingerprint density at radius 1 is 0.479 bits per heavy atom. The van der Waals surface area contributed by atoms with Gasteiger partial charge in [-0.1, -0.05) is 0 Å². The molecule has 1 aliphatic heterocycles. The monoisotopic (exact) mass is 782 g/mol. The molecule has 0 bridgehead atoms. The van der Waals surface area contributed by atoms with E-state index in [4.69, 9.17) is 18.6 Å². The maximum Gasteiger partial charge on any atom is -0.112 e. The van der Waals surface area contributed by atoms with Crippen LogP contribution in [0.2, 0.25) is 0 Å². The zero-order chi connectivity index (χ0) is 33.6. The summed E-state index contributed by atoms with van der Waals surface area (Å²) in [6, 6.07) is 47.7. The van der Waals surface area contributed by atoms with Crippen molar-refractivity contribution in [1.82, 2.24) is 0 Å². The molecule has 48 heavy (non-hydrogen) atoms. The van der Waals surface area contributed by atoms with Crippen LogP contribution in [0.4, 0.5) is 0 Å². The van der Waals surface area contributed by atoms with Crippen LogP contribution in [0.15, 0.2) is 188 Å². The molecule has 0 radical (unpaired) electrons. The van der Waals surface area contributed by atoms with Crippen molar-refractivity contribution in [2.45, 2.75) is 0 Å². The van der Waals surface area contributed by atoms with E-state index >= 15 is 0 Å². The van der Waals surface area contributed by atoms with E-state index in [1.807, 2.05) is 0 Å². The van der Waals surface area contributed by atoms with Crippen LogP contribution in [0.25, 0.3) is 35.0 Å². The summed E-state index contributed by atoms with van der Waals surface area (Å²) in [5.74, 6) is 0. The standard InChI is InChI=1S/C41H31Se2.ClHO4/c1(2-8-18-32-28-38(34-20-10-4-11-21-34)42-39(29-32)35-22-12-5-13-23-35)3-9-19-33-30-40(36-24-14-6-15-25-36)43-41(31-33)37-26-16-7-17-27-37;2-1(3,4)5/h1-31H;(H,2,3,4,5)/q+1;/p-1. The first kappa shape index (κ1) is 35.2. The molecule has 4 aromatic carbocycles. The Labute approximate surface area is 296 Å². The Bertz CT molecular complexity index is 1840. The fourth-order valence-electron chi connectivity index (χ4n) is 4.74. The van der Waals surface area contributed by atoms with Crippen molar-refractivity contribution in [3.63, 3.8) is 0 Å². The molecule has 0 spiro atoms. The van der Waals surface area contributed by atoms with Gasteiger partial charge in [0, 0.05) is 0 Å². The minimum atomic E-state index is -4.94. The molecule has 0 saturated carbocycles. The summed E-state index contributed by atoms with van der Waals surface area (Å²) in [5, 5.41) is 0. The summed E-state index contributed by atoms with van der Waals surface area (Å²) >= 11 is 0.520. The zero-order valence-corrected chi connectivity index (χ0v) is 29.9. The van der Waals surface area contributed by atoms with Gasteiger partial charge in [0.2, 0.25) is 0 Å². The van der Waals surface area contributed by atoms with Crippen molar-refractivity contribution in [1.29, 1.82) is 0 Å². The van der Waals surface area contributed by atoms with Crippen molar-refractivity contribution in [2.75, 3.05) is 0 Å². The van der Waals surface area contributed by atoms with Gasteiger partial charge in [-0.3, -0.25) is 0 Å². The topological polar surface area (TPSA) is 92.2 Å². The van der Waals surface area contributed by atoms with Gasteiger partial charge in [0.15, 0.2) is 0 Å². The molecule has 1 aromatic heterocycles. The molecule has 7 heteroatoms. The van der Waals surface area contributed by atoms with Crippen molar-refractivity contribution in [2.24, 2.45) is 0 Å². The second-order valence-electron chi connectivity index (χ2n) is 10.4. The van der Waals surface area contributed by atoms with Gasteiger partial charge in [-0.25, -0.2) is 18.6 Å². The molecule has 1 aliphatic rings. The van der Waals surface area contributed by atoms with Crippen LogP contribution in [0.3, 0.4) is 0 Å². The first-order chi connectivity index (χ1) is 23.3. The fourth-order valence-corrected chi connectivity index (χ4v) is 9.50. The largest absolute Gasteiger partial charge is 0.222 e. The average Bonchev–Trinajstić information content (AvgIpc) is 3.12. The van der Waals surface area contributed by atoms with E-state index in [0.29, 0.717) is 0 Å². The normalized spacial score (nSPS) is 13.3. The molecule has 0 fully saturated rings. The summed E-state index contributed by atoms with van der Waals surface area (Å²) in [5.41, 5.74) is 7.67. The van der Waals surface area contributed by atoms with Gasteiger partial charge in [0.1, 0.15) is 0 Å². The predicted octanol–water partition coefficient (Wildman–Crippen LogP) is 5.45. The maximum atomic E-state index is 8.49. The van der Waals surface area contributed by atoms with Crippen LogP contribution < -0.4 is 18.6 Å². The van der Waals surface area contributed by atoms with Crippen LogP contribution in [0.5, 0.6) is 0 Å². The Balaban J connectivity index is 0.000000840. The Morgan fingerprint density at radius 2 is 0.854 bits per heavy atom. The van der Waals surface area contributed by atoms with Crippen molar-refractivity contribution in [3.8, 4) is 20.0 Å². The predicted molar refractivity (Wildman–Crippen MR) is 189 cm³/mol. The third-order valence-corrected chi connectivity index (χ3v) is 11.7. The van der Waals surface area contributed by atoms with Crippen molar-refractivity contribution >= 4 is 44.5 Å². The molecular weight excluding hydrogens is 750 g/mol. The molecule has 0 unspecified atom stereocenters. The second kappa shape index (κ2) is 17.8. The van der Waals surface area contributed by atoms with Crippen LogP contribution in [-0.2, 0) is 0 Å². The van der Waals surface area contributed by atoms with Gasteiger partial charge in [0.05, 0.1) is 0 Å². The molecule has 0 N–H and O–H groups in total. The van der Waals surface area contributed by atoms with E-state index in [-0.39, 0.29) is 29.5 Å². The summed E-state index contributed by atoms with van der Waals surface area (Å²) in [4.78, 5) is 0. The summed E-state index contributed by atoms with van der Waals surface area (Å²) < 4.78 is 39.6. The van der Waals surface area contributed by atoms with Gasteiger partial charge in [-0.2, -0.15) is 0 Å². The SMILES string of the molecule is C(/C=C/C=C/C=C/c1cc(-c2ccccc2)[se+]c(-c2ccccc2)c1)=C1C=C(c2ccccc2)[Se]C(c2ccccc2)=C1.[O-][Cl+3]([O-])([O-])[O-]. The van der Waals surface area contributed by atoms with Gasteiger partial charge in [0.25, 0.3) is 0 Å². The first-order valence-electron chi connectivity index (χ1n) is 15.0. The van der Waals surface area contributed by atoms with Crippen LogP contribution >= 0.6 is 0 Å². The number of benzene rings is 4. The molecule has 0 saturated heterocycles. The van der Waals surface area contributed by atoms with E-state index in [0.717, 1.165) is 0 Å². The van der Waals surface area contributed by atoms with Crippen molar-refractivity contribution < 1.29 is 28.9 Å². The molecule has 238 valence electrons. The van der Waals surface area contributed by atoms with E-state index < -0.39 is 10.2 Å². The Hall–Kier alpha value is -4.16. The molecule has 0 aliphatic carbocycles. The zero-order valence-electron chi connectivity index (χ0n) is 25.7. The quantitative estimate of drug-likeness (QED) is 0.155. The van der Waals surface area contributed by atoms with Gasteiger partial charge in [-0.05, 0) is 0 Å². The first-order valence-corrected chi connectivity index (χ1v) is 19.6. The third kappa shape index (κ3) is 11.5. The molecule has 5 aromatic rings. The van der Waals surface area contributed by atoms with E-state index in [9.17, 15) is 0 Å². The average molecular weight is 781 g/mol.